The summed E-state index contributed by atoms with van der Waals surface area (Å²) >= 11 is 0. The van der Waals surface area contributed by atoms with Gasteiger partial charge >= 0.3 is 0 Å². The summed E-state index contributed by atoms with van der Waals surface area (Å²) in [5.74, 6) is 0.0857. The molecule has 2 atom stereocenters. The molecular formula is C25H28N2O3. The second kappa shape index (κ2) is 7.08. The molecule has 4 rings (SSSR count). The van der Waals surface area contributed by atoms with Gasteiger partial charge in [0.2, 0.25) is 11.8 Å². The Labute approximate surface area is 177 Å². The normalized spacial score (nSPS) is 22.7. The number of ketones is 1. The van der Waals surface area contributed by atoms with Gasteiger partial charge in [-0.05, 0) is 72.2 Å². The molecule has 2 fully saturated rings. The van der Waals surface area contributed by atoms with Crippen LogP contribution in [0.5, 0.6) is 0 Å². The zero-order valence-corrected chi connectivity index (χ0v) is 17.9. The van der Waals surface area contributed by atoms with Crippen molar-refractivity contribution in [3.05, 3.63) is 59.7 Å². The highest BCUT2D eigenvalue weighted by molar-refractivity contribution is 6.09. The Morgan fingerprint density at radius 3 is 1.23 bits per heavy atom. The van der Waals surface area contributed by atoms with Crippen molar-refractivity contribution < 1.29 is 14.4 Å². The largest absolute Gasteiger partial charge is 0.326 e. The molecule has 5 nitrogen and oxygen atoms in total. The molecule has 5 heteroatoms. The number of carbonyl (C=O) groups excluding carboxylic acids is 3. The van der Waals surface area contributed by atoms with Crippen LogP contribution in [0, 0.1) is 22.7 Å². The molecule has 2 aromatic rings. The van der Waals surface area contributed by atoms with Gasteiger partial charge in [0.05, 0.1) is 0 Å². The minimum atomic E-state index is -0.0996. The third kappa shape index (κ3) is 4.16. The smallest absolute Gasteiger partial charge is 0.228 e. The maximum Gasteiger partial charge on any atom is 0.228 e. The van der Waals surface area contributed by atoms with E-state index in [1.54, 1.807) is 48.5 Å². The van der Waals surface area contributed by atoms with Crippen molar-refractivity contribution >= 4 is 29.0 Å². The summed E-state index contributed by atoms with van der Waals surface area (Å²) in [6, 6.07) is 13.9. The molecule has 0 bridgehead atoms. The summed E-state index contributed by atoms with van der Waals surface area (Å²) in [5.41, 5.74) is 2.66. The van der Waals surface area contributed by atoms with Crippen molar-refractivity contribution in [1.29, 1.82) is 0 Å². The second-order valence-corrected chi connectivity index (χ2v) is 9.95. The van der Waals surface area contributed by atoms with Crippen molar-refractivity contribution in [2.75, 3.05) is 10.6 Å². The van der Waals surface area contributed by atoms with Crippen LogP contribution in [-0.2, 0) is 9.59 Å². The average molecular weight is 405 g/mol. The molecule has 30 heavy (non-hydrogen) atoms. The lowest BCUT2D eigenvalue weighted by Gasteiger charge is -2.09. The third-order valence-electron chi connectivity index (χ3n) is 6.49. The molecular weight excluding hydrogens is 376 g/mol. The fourth-order valence-corrected chi connectivity index (χ4v) is 3.86. The van der Waals surface area contributed by atoms with Crippen molar-refractivity contribution in [1.82, 2.24) is 0 Å². The Morgan fingerprint density at radius 2 is 0.967 bits per heavy atom. The number of benzene rings is 2. The highest BCUT2D eigenvalue weighted by atomic mass is 16.2. The molecule has 2 aromatic carbocycles. The molecule has 0 spiro atoms. The number of hydrogen-bond donors (Lipinski definition) is 2. The number of carbonyl (C=O) groups is 3. The SMILES string of the molecule is CC1(C)C[C@@H]1C(=O)Nc1ccc(C(=O)c2ccc(NC(=O)[C@@H]3CC3(C)C)cc2)cc1. The Bertz CT molecular complexity index is 922. The zero-order valence-electron chi connectivity index (χ0n) is 17.9. The van der Waals surface area contributed by atoms with Crippen LogP contribution >= 0.6 is 0 Å². The lowest BCUT2D eigenvalue weighted by Crippen LogP contribution is -2.16. The molecule has 2 amide bonds. The van der Waals surface area contributed by atoms with Crippen LogP contribution in [0.2, 0.25) is 0 Å². The molecule has 2 N–H and O–H groups in total. The lowest BCUT2D eigenvalue weighted by atomic mass is 10.0. The number of rotatable bonds is 6. The predicted molar refractivity (Wildman–Crippen MR) is 117 cm³/mol. The number of amides is 2. The van der Waals surface area contributed by atoms with E-state index >= 15 is 0 Å². The highest BCUT2D eigenvalue weighted by Crippen LogP contribution is 2.52. The van der Waals surface area contributed by atoms with E-state index in [0.717, 1.165) is 12.8 Å². The van der Waals surface area contributed by atoms with Gasteiger partial charge in [0, 0.05) is 34.3 Å². The number of hydrogen-bond acceptors (Lipinski definition) is 3. The first kappa shape index (κ1) is 20.3. The van der Waals surface area contributed by atoms with E-state index in [1.165, 1.54) is 0 Å². The van der Waals surface area contributed by atoms with Gasteiger partial charge in [-0.1, -0.05) is 27.7 Å². The van der Waals surface area contributed by atoms with E-state index in [-0.39, 0.29) is 40.3 Å². The summed E-state index contributed by atoms with van der Waals surface area (Å²) in [6.07, 6.45) is 1.81. The van der Waals surface area contributed by atoms with Crippen molar-refractivity contribution in [3.63, 3.8) is 0 Å². The minimum Gasteiger partial charge on any atom is -0.326 e. The third-order valence-corrected chi connectivity index (χ3v) is 6.49. The van der Waals surface area contributed by atoms with E-state index in [2.05, 4.69) is 38.3 Å². The fourth-order valence-electron chi connectivity index (χ4n) is 3.86. The van der Waals surface area contributed by atoms with Crippen LogP contribution in [0.1, 0.15) is 56.5 Å². The topological polar surface area (TPSA) is 75.3 Å². The van der Waals surface area contributed by atoms with Crippen molar-refractivity contribution in [2.45, 2.75) is 40.5 Å². The van der Waals surface area contributed by atoms with E-state index < -0.39 is 0 Å². The van der Waals surface area contributed by atoms with Gasteiger partial charge in [-0.3, -0.25) is 14.4 Å². The van der Waals surface area contributed by atoms with Gasteiger partial charge in [-0.2, -0.15) is 0 Å². The van der Waals surface area contributed by atoms with Gasteiger partial charge < -0.3 is 10.6 Å². The summed E-state index contributed by atoms with van der Waals surface area (Å²) in [6.45, 7) is 8.34. The molecule has 0 aromatic heterocycles. The number of anilines is 2. The minimum absolute atomic E-state index is 0.0336. The Morgan fingerprint density at radius 1 is 0.667 bits per heavy atom. The predicted octanol–water partition coefficient (Wildman–Crippen LogP) is 4.89. The van der Waals surface area contributed by atoms with E-state index in [1.807, 2.05) is 0 Å². The maximum atomic E-state index is 12.7. The molecule has 2 saturated carbocycles. The van der Waals surface area contributed by atoms with Gasteiger partial charge in [0.15, 0.2) is 5.78 Å². The molecule has 0 aliphatic heterocycles. The van der Waals surface area contributed by atoms with Crippen molar-refractivity contribution in [2.24, 2.45) is 22.7 Å². The highest BCUT2D eigenvalue weighted by Gasteiger charge is 2.51. The molecule has 0 radical (unpaired) electrons. The second-order valence-electron chi connectivity index (χ2n) is 9.95. The first-order chi connectivity index (χ1) is 14.1. The zero-order chi connectivity index (χ0) is 21.7. The fraction of sp³-hybridized carbons (Fsp3) is 0.400. The average Bonchev–Trinajstić information content (AvgIpc) is 3.55. The van der Waals surface area contributed by atoms with Crippen LogP contribution in [0.15, 0.2) is 48.5 Å². The lowest BCUT2D eigenvalue weighted by molar-refractivity contribution is -0.118. The first-order valence-corrected chi connectivity index (χ1v) is 10.4. The van der Waals surface area contributed by atoms with Crippen LogP contribution in [0.4, 0.5) is 11.4 Å². The monoisotopic (exact) mass is 404 g/mol. The molecule has 0 unspecified atom stereocenters. The molecule has 2 aliphatic carbocycles. The summed E-state index contributed by atoms with van der Waals surface area (Å²) in [4.78, 5) is 37.2. The Kier molecular flexibility index (Phi) is 4.80. The van der Waals surface area contributed by atoms with Crippen LogP contribution in [-0.4, -0.2) is 17.6 Å². The summed E-state index contributed by atoms with van der Waals surface area (Å²) < 4.78 is 0. The van der Waals surface area contributed by atoms with E-state index in [9.17, 15) is 14.4 Å². The van der Waals surface area contributed by atoms with E-state index in [4.69, 9.17) is 0 Å². The van der Waals surface area contributed by atoms with Gasteiger partial charge in [0.1, 0.15) is 0 Å². The van der Waals surface area contributed by atoms with Gasteiger partial charge in [-0.25, -0.2) is 0 Å². The van der Waals surface area contributed by atoms with E-state index in [0.29, 0.717) is 22.5 Å². The Balaban J connectivity index is 1.36. The van der Waals surface area contributed by atoms with Gasteiger partial charge in [-0.15, -0.1) is 0 Å². The summed E-state index contributed by atoms with van der Waals surface area (Å²) in [5, 5.41) is 5.84. The van der Waals surface area contributed by atoms with Gasteiger partial charge in [0.25, 0.3) is 0 Å². The standard InChI is InChI=1S/C25H28N2O3/c1-24(2)13-19(24)22(29)26-17-9-5-15(6-10-17)21(28)16-7-11-18(12-8-16)27-23(30)20-14-25(20,3)4/h5-12,19-20H,13-14H2,1-4H3,(H,26,29)(H,27,30)/t19-,20+. The maximum absolute atomic E-state index is 12.7. The molecule has 0 saturated heterocycles. The molecule has 0 heterocycles. The summed E-state index contributed by atoms with van der Waals surface area (Å²) in [7, 11) is 0. The van der Waals surface area contributed by atoms with Crippen molar-refractivity contribution in [3.8, 4) is 0 Å². The molecule has 2 aliphatic rings. The molecule has 156 valence electrons. The number of nitrogens with one attached hydrogen (secondary N) is 2. The quantitative estimate of drug-likeness (QED) is 0.673. The Hall–Kier alpha value is -2.95. The van der Waals surface area contributed by atoms with Crippen LogP contribution in [0.3, 0.4) is 0 Å². The van der Waals surface area contributed by atoms with Crippen LogP contribution in [0.25, 0.3) is 0 Å². The first-order valence-electron chi connectivity index (χ1n) is 10.4. The van der Waals surface area contributed by atoms with Crippen LogP contribution < -0.4 is 10.6 Å².